The zero-order chi connectivity index (χ0) is 31.7. The number of carbonyl (C=O) groups is 1. The smallest absolute Gasteiger partial charge is 0.338 e. The maximum Gasteiger partial charge on any atom is 0.338 e. The van der Waals surface area contributed by atoms with E-state index in [2.05, 4.69) is 46.7 Å². The second-order valence-corrected chi connectivity index (χ2v) is 11.7. The Morgan fingerprint density at radius 1 is 1.02 bits per heavy atom. The summed E-state index contributed by atoms with van der Waals surface area (Å²) >= 11 is 1.30. The molecule has 0 saturated carbocycles. The molecule has 0 aliphatic carbocycles. The number of anilines is 1. The molecule has 0 amide bonds. The molecule has 0 unspecified atom stereocenters. The van der Waals surface area contributed by atoms with Crippen molar-refractivity contribution in [2.75, 3.05) is 39.3 Å². The molecule has 44 heavy (non-hydrogen) atoms. The van der Waals surface area contributed by atoms with E-state index in [-0.39, 0.29) is 12.2 Å². The number of hydrogen-bond donors (Lipinski definition) is 0. The van der Waals surface area contributed by atoms with Crippen LogP contribution in [0.3, 0.4) is 0 Å². The molecule has 3 heterocycles. The molecule has 230 valence electrons. The molecule has 0 saturated heterocycles. The summed E-state index contributed by atoms with van der Waals surface area (Å²) in [6.45, 7) is 10.2. The van der Waals surface area contributed by atoms with Crippen LogP contribution >= 0.6 is 11.3 Å². The lowest BCUT2D eigenvalue weighted by Gasteiger charge is -2.25. The van der Waals surface area contributed by atoms with E-state index in [1.54, 1.807) is 31.6 Å². The number of esters is 1. The molecule has 0 radical (unpaired) electrons. The van der Waals surface area contributed by atoms with E-state index < -0.39 is 12.0 Å². The van der Waals surface area contributed by atoms with Crippen molar-refractivity contribution in [3.8, 4) is 17.2 Å². The number of aromatic nitrogens is 2. The normalized spacial score (nSPS) is 14.7. The Bertz CT molecular complexity index is 1930. The Morgan fingerprint density at radius 3 is 2.39 bits per heavy atom. The van der Waals surface area contributed by atoms with Gasteiger partial charge in [-0.2, -0.15) is 0 Å². The fraction of sp³-hybridized carbons (Fsp3) is 0.324. The Balaban J connectivity index is 1.67. The zero-order valence-electron chi connectivity index (χ0n) is 26.4. The van der Waals surface area contributed by atoms with Crippen LogP contribution in [0.5, 0.6) is 11.5 Å². The monoisotopic (exact) mass is 614 g/mol. The van der Waals surface area contributed by atoms with Crippen LogP contribution in [0.15, 0.2) is 69.6 Å². The predicted molar refractivity (Wildman–Crippen MR) is 174 cm³/mol. The van der Waals surface area contributed by atoms with Gasteiger partial charge >= 0.3 is 5.97 Å². The van der Waals surface area contributed by atoms with Gasteiger partial charge in [-0.05, 0) is 94.3 Å². The summed E-state index contributed by atoms with van der Waals surface area (Å²) in [5, 5.41) is 0. The molecule has 1 atom stereocenters. The molecule has 2 aromatic heterocycles. The average Bonchev–Trinajstić information content (AvgIpc) is 3.45. The van der Waals surface area contributed by atoms with E-state index in [9.17, 15) is 9.59 Å². The summed E-state index contributed by atoms with van der Waals surface area (Å²) < 4.78 is 21.1. The van der Waals surface area contributed by atoms with E-state index in [1.165, 1.54) is 11.3 Å². The fourth-order valence-electron chi connectivity index (χ4n) is 5.61. The minimum absolute atomic E-state index is 0.201. The summed E-state index contributed by atoms with van der Waals surface area (Å²) in [5.74, 6) is 0.581. The van der Waals surface area contributed by atoms with Crippen LogP contribution in [0.1, 0.15) is 49.3 Å². The number of benzene rings is 2. The SMILES string of the molecule is CCOC(=O)C1=C(C)N=c2s/c(=C/c3cc(C)n(-c4ccc(N(C)C)cc4)c3C)c(=O)n2[C@@H]1c1ccc(OC)c(OCC)c1. The third kappa shape index (κ3) is 5.57. The number of methoxy groups -OCH3 is 1. The van der Waals surface area contributed by atoms with Gasteiger partial charge in [0, 0.05) is 36.9 Å². The second kappa shape index (κ2) is 12.6. The first-order valence-electron chi connectivity index (χ1n) is 14.6. The topological polar surface area (TPSA) is 87.3 Å². The standard InChI is InChI=1S/C34H38N4O5S/c1-9-42-28-18-23(11-16-27(28)41-8)31-30(33(40)43-10-2)21(4)35-34-38(31)32(39)29(44-34)19-24-17-20(3)37(22(24)5)26-14-12-25(13-15-26)36(6)7/h11-19,31H,9-10H2,1-8H3/b29-19+/t31-/m1/s1. The number of ether oxygens (including phenoxy) is 3. The Kier molecular flexibility index (Phi) is 8.82. The lowest BCUT2D eigenvalue weighted by molar-refractivity contribution is -0.139. The van der Waals surface area contributed by atoms with Crippen molar-refractivity contribution in [2.24, 2.45) is 4.99 Å². The van der Waals surface area contributed by atoms with Crippen molar-refractivity contribution in [1.29, 1.82) is 0 Å². The lowest BCUT2D eigenvalue weighted by atomic mass is 9.95. The first-order valence-corrected chi connectivity index (χ1v) is 15.4. The molecule has 9 nitrogen and oxygen atoms in total. The van der Waals surface area contributed by atoms with Crippen molar-refractivity contribution >= 4 is 29.1 Å². The van der Waals surface area contributed by atoms with Crippen molar-refractivity contribution in [1.82, 2.24) is 9.13 Å². The van der Waals surface area contributed by atoms with Crippen molar-refractivity contribution in [3.05, 3.63) is 102 Å². The number of rotatable bonds is 9. The molecule has 0 N–H and O–H groups in total. The molecule has 0 spiro atoms. The van der Waals surface area contributed by atoms with Crippen LogP contribution in [0.2, 0.25) is 0 Å². The second-order valence-electron chi connectivity index (χ2n) is 10.7. The van der Waals surface area contributed by atoms with Gasteiger partial charge in [0.05, 0.1) is 42.2 Å². The van der Waals surface area contributed by atoms with Gasteiger partial charge < -0.3 is 23.7 Å². The molecular formula is C34H38N4O5S. The maximum absolute atomic E-state index is 14.2. The van der Waals surface area contributed by atoms with Crippen LogP contribution < -0.4 is 29.3 Å². The number of fused-ring (bicyclic) bond motifs is 1. The van der Waals surface area contributed by atoms with Gasteiger partial charge in [-0.1, -0.05) is 17.4 Å². The first-order chi connectivity index (χ1) is 21.1. The largest absolute Gasteiger partial charge is 0.493 e. The van der Waals surface area contributed by atoms with Crippen LogP contribution in [-0.2, 0) is 9.53 Å². The number of carbonyl (C=O) groups excluding carboxylic acids is 1. The average molecular weight is 615 g/mol. The highest BCUT2D eigenvalue weighted by Crippen LogP contribution is 2.36. The van der Waals surface area contributed by atoms with E-state index in [0.717, 1.165) is 28.3 Å². The Morgan fingerprint density at radius 2 is 1.75 bits per heavy atom. The van der Waals surface area contributed by atoms with Gasteiger partial charge in [0.25, 0.3) is 5.56 Å². The number of allylic oxidation sites excluding steroid dienone is 1. The van der Waals surface area contributed by atoms with Gasteiger partial charge in [0.2, 0.25) is 0 Å². The minimum atomic E-state index is -0.750. The summed E-state index contributed by atoms with van der Waals surface area (Å²) in [5.41, 5.74) is 6.46. The molecule has 5 rings (SSSR count). The maximum atomic E-state index is 14.2. The van der Waals surface area contributed by atoms with Gasteiger partial charge in [-0.25, -0.2) is 9.79 Å². The first kappa shape index (κ1) is 30.9. The molecule has 0 fully saturated rings. The van der Waals surface area contributed by atoms with Gasteiger partial charge in [0.1, 0.15) is 0 Å². The van der Waals surface area contributed by atoms with Crippen LogP contribution in [0.4, 0.5) is 5.69 Å². The molecule has 0 bridgehead atoms. The number of thiazole rings is 1. The predicted octanol–water partition coefficient (Wildman–Crippen LogP) is 4.68. The molecule has 1 aliphatic rings. The van der Waals surface area contributed by atoms with Gasteiger partial charge in [0.15, 0.2) is 16.3 Å². The zero-order valence-corrected chi connectivity index (χ0v) is 27.2. The molecule has 4 aromatic rings. The van der Waals surface area contributed by atoms with E-state index in [0.29, 0.717) is 44.3 Å². The fourth-order valence-corrected chi connectivity index (χ4v) is 6.65. The highest BCUT2D eigenvalue weighted by molar-refractivity contribution is 7.07. The summed E-state index contributed by atoms with van der Waals surface area (Å²) in [6, 6.07) is 15.1. The van der Waals surface area contributed by atoms with E-state index in [1.807, 2.05) is 46.2 Å². The Labute approximate surface area is 260 Å². The lowest BCUT2D eigenvalue weighted by Crippen LogP contribution is -2.40. The Hall–Kier alpha value is -4.57. The third-order valence-corrected chi connectivity index (χ3v) is 8.68. The third-order valence-electron chi connectivity index (χ3n) is 7.70. The van der Waals surface area contributed by atoms with Crippen molar-refractivity contribution < 1.29 is 19.0 Å². The summed E-state index contributed by atoms with van der Waals surface area (Å²) in [4.78, 5) is 34.8. The molecule has 10 heteroatoms. The molecule has 2 aromatic carbocycles. The van der Waals surface area contributed by atoms with E-state index in [4.69, 9.17) is 19.2 Å². The van der Waals surface area contributed by atoms with Gasteiger partial charge in [-0.3, -0.25) is 9.36 Å². The van der Waals surface area contributed by atoms with Gasteiger partial charge in [-0.15, -0.1) is 0 Å². The quantitative estimate of drug-likeness (QED) is 0.255. The van der Waals surface area contributed by atoms with Crippen molar-refractivity contribution in [3.63, 3.8) is 0 Å². The minimum Gasteiger partial charge on any atom is -0.493 e. The van der Waals surface area contributed by atoms with Crippen molar-refractivity contribution in [2.45, 2.75) is 40.7 Å². The summed E-state index contributed by atoms with van der Waals surface area (Å²) in [6.07, 6.45) is 1.91. The number of aryl methyl sites for hydroxylation is 1. The highest BCUT2D eigenvalue weighted by atomic mass is 32.1. The van der Waals surface area contributed by atoms with Crippen LogP contribution in [0.25, 0.3) is 11.8 Å². The van der Waals surface area contributed by atoms with Crippen LogP contribution in [0, 0.1) is 13.8 Å². The van der Waals surface area contributed by atoms with Crippen LogP contribution in [-0.4, -0.2) is 49.5 Å². The molecule has 1 aliphatic heterocycles. The number of hydrogen-bond acceptors (Lipinski definition) is 8. The molecular weight excluding hydrogens is 576 g/mol. The highest BCUT2D eigenvalue weighted by Gasteiger charge is 2.34. The number of nitrogens with zero attached hydrogens (tertiary/aromatic N) is 4. The van der Waals surface area contributed by atoms with E-state index >= 15 is 0 Å². The summed E-state index contributed by atoms with van der Waals surface area (Å²) in [7, 11) is 5.61.